The molecule has 9 heteroatoms. The molecule has 0 radical (unpaired) electrons. The number of carbonyl (C=O) groups excluding carboxylic acids is 2. The van der Waals surface area contributed by atoms with Gasteiger partial charge in [-0.1, -0.05) is 142 Å². The molecular weight excluding hydrogens is 555 g/mol. The third-order valence-corrected chi connectivity index (χ3v) is 7.78. The number of hydrogen-bond donors (Lipinski definition) is 2. The van der Waals surface area contributed by atoms with Gasteiger partial charge in [-0.2, -0.15) is 0 Å². The molecule has 0 saturated carbocycles. The summed E-state index contributed by atoms with van der Waals surface area (Å²) in [7, 11) is -4.74. The van der Waals surface area contributed by atoms with Crippen molar-refractivity contribution >= 4 is 19.8 Å². The van der Waals surface area contributed by atoms with Gasteiger partial charge >= 0.3 is 19.8 Å². The van der Waals surface area contributed by atoms with Crippen molar-refractivity contribution < 1.29 is 37.9 Å². The number of esters is 2. The lowest BCUT2D eigenvalue weighted by Gasteiger charge is -2.18. The first kappa shape index (κ1) is 40.8. The molecule has 0 aliphatic carbocycles. The average Bonchev–Trinajstić information content (AvgIpc) is 2.95. The monoisotopic (exact) mass is 618 g/mol. The van der Waals surface area contributed by atoms with Gasteiger partial charge in [0, 0.05) is 12.8 Å². The Hall–Kier alpha value is -1.21. The fourth-order valence-corrected chi connectivity index (χ4v) is 5.10. The predicted molar refractivity (Wildman–Crippen MR) is 170 cm³/mol. The van der Waals surface area contributed by atoms with Crippen LogP contribution in [0.15, 0.2) is 12.2 Å². The zero-order valence-corrected chi connectivity index (χ0v) is 27.8. The smallest absolute Gasteiger partial charge is 0.462 e. The Labute approximate surface area is 257 Å². The van der Waals surface area contributed by atoms with E-state index in [0.29, 0.717) is 12.8 Å². The number of phosphoric acid groups is 1. The average molecular weight is 619 g/mol. The number of allylic oxidation sites excluding steroid dienone is 2. The van der Waals surface area contributed by atoms with Crippen molar-refractivity contribution in [1.29, 1.82) is 0 Å². The van der Waals surface area contributed by atoms with E-state index in [0.717, 1.165) is 32.1 Å². The Morgan fingerprint density at radius 3 is 1.55 bits per heavy atom. The maximum atomic E-state index is 12.2. The second-order valence-electron chi connectivity index (χ2n) is 11.5. The molecule has 0 aromatic heterocycles. The van der Waals surface area contributed by atoms with Crippen LogP contribution >= 0.6 is 7.82 Å². The second kappa shape index (κ2) is 29.8. The van der Waals surface area contributed by atoms with Crippen molar-refractivity contribution in [3.8, 4) is 0 Å². The quantitative estimate of drug-likeness (QED) is 0.0341. The fraction of sp³-hybridized carbons (Fsp3) is 0.879. The van der Waals surface area contributed by atoms with E-state index in [1.807, 2.05) is 6.08 Å². The largest absolute Gasteiger partial charge is 0.469 e. The van der Waals surface area contributed by atoms with Crippen LogP contribution in [0.1, 0.15) is 168 Å². The summed E-state index contributed by atoms with van der Waals surface area (Å²) in [6.45, 7) is 3.61. The van der Waals surface area contributed by atoms with Gasteiger partial charge in [0.15, 0.2) is 6.10 Å². The van der Waals surface area contributed by atoms with Gasteiger partial charge in [0.05, 0.1) is 6.61 Å². The van der Waals surface area contributed by atoms with Crippen molar-refractivity contribution in [1.82, 2.24) is 0 Å². The molecule has 248 valence electrons. The summed E-state index contributed by atoms with van der Waals surface area (Å²) in [6.07, 6.45) is 29.6. The van der Waals surface area contributed by atoms with Crippen LogP contribution in [-0.2, 0) is 28.2 Å². The summed E-state index contributed by atoms with van der Waals surface area (Å²) in [4.78, 5) is 42.4. The van der Waals surface area contributed by atoms with Gasteiger partial charge in [-0.05, 0) is 25.7 Å². The molecule has 0 aromatic rings. The molecule has 1 atom stereocenters. The minimum Gasteiger partial charge on any atom is -0.462 e. The van der Waals surface area contributed by atoms with Crippen molar-refractivity contribution in [3.05, 3.63) is 12.2 Å². The van der Waals surface area contributed by atoms with Gasteiger partial charge in [0.1, 0.15) is 6.61 Å². The topological polar surface area (TPSA) is 119 Å². The number of ether oxygens (including phenoxy) is 2. The summed E-state index contributed by atoms with van der Waals surface area (Å²) in [5.74, 6) is -0.941. The molecule has 0 bridgehead atoms. The summed E-state index contributed by atoms with van der Waals surface area (Å²) in [5, 5.41) is 0. The van der Waals surface area contributed by atoms with Crippen molar-refractivity contribution in [2.45, 2.75) is 174 Å². The standard InChI is InChI=1S/C33H63O8P/c1-3-5-7-9-11-13-14-15-16-17-18-20-21-23-25-27-32(34)39-29-31(30-40-42(36,37)38)41-33(35)28-26-24-22-19-12-10-8-6-4-2/h21,23,31H,3-20,22,24-30H2,1-2H3,(H2,36,37,38)/b23-21+/t31-/m1/s1. The Bertz CT molecular complexity index is 706. The number of phosphoric ester groups is 1. The summed E-state index contributed by atoms with van der Waals surface area (Å²) in [5.41, 5.74) is 0. The van der Waals surface area contributed by atoms with Gasteiger partial charge in [-0.25, -0.2) is 4.57 Å². The molecule has 2 N–H and O–H groups in total. The number of unbranched alkanes of at least 4 members (excludes halogenated alkanes) is 19. The van der Waals surface area contributed by atoms with E-state index >= 15 is 0 Å². The van der Waals surface area contributed by atoms with Gasteiger partial charge in [0.2, 0.25) is 0 Å². The van der Waals surface area contributed by atoms with Crippen LogP contribution in [0, 0.1) is 0 Å². The van der Waals surface area contributed by atoms with Crippen molar-refractivity contribution in [2.75, 3.05) is 13.2 Å². The second-order valence-corrected chi connectivity index (χ2v) is 12.7. The van der Waals surface area contributed by atoms with Crippen LogP contribution in [0.3, 0.4) is 0 Å². The maximum absolute atomic E-state index is 12.2. The lowest BCUT2D eigenvalue weighted by molar-refractivity contribution is -0.161. The summed E-state index contributed by atoms with van der Waals surface area (Å²) >= 11 is 0. The van der Waals surface area contributed by atoms with E-state index in [1.54, 1.807) is 0 Å². The summed E-state index contributed by atoms with van der Waals surface area (Å²) in [6, 6.07) is 0. The molecule has 0 unspecified atom stereocenters. The highest BCUT2D eigenvalue weighted by molar-refractivity contribution is 7.46. The zero-order chi connectivity index (χ0) is 31.2. The van der Waals surface area contributed by atoms with Crippen molar-refractivity contribution in [2.24, 2.45) is 0 Å². The van der Waals surface area contributed by atoms with Crippen molar-refractivity contribution in [3.63, 3.8) is 0 Å². The van der Waals surface area contributed by atoms with Crippen LogP contribution in [0.2, 0.25) is 0 Å². The minimum atomic E-state index is -4.74. The molecule has 0 rings (SSSR count). The normalized spacial score (nSPS) is 12.6. The van der Waals surface area contributed by atoms with Gasteiger partial charge < -0.3 is 19.3 Å². The summed E-state index contributed by atoms with van der Waals surface area (Å²) < 4.78 is 26.1. The molecule has 0 amide bonds. The Balaban J connectivity index is 4.01. The molecule has 0 saturated heterocycles. The molecule has 0 aromatic carbocycles. The number of carbonyl (C=O) groups is 2. The van der Waals surface area contributed by atoms with Crippen LogP contribution < -0.4 is 0 Å². The molecule has 8 nitrogen and oxygen atoms in total. The van der Waals surface area contributed by atoms with Gasteiger partial charge in [-0.15, -0.1) is 0 Å². The van der Waals surface area contributed by atoms with Crippen LogP contribution in [0.4, 0.5) is 0 Å². The Morgan fingerprint density at radius 2 is 1.05 bits per heavy atom. The van der Waals surface area contributed by atoms with Crippen LogP contribution in [-0.4, -0.2) is 41.0 Å². The highest BCUT2D eigenvalue weighted by Crippen LogP contribution is 2.35. The third kappa shape index (κ3) is 31.7. The van der Waals surface area contributed by atoms with E-state index in [2.05, 4.69) is 24.4 Å². The Morgan fingerprint density at radius 1 is 0.595 bits per heavy atom. The van der Waals surface area contributed by atoms with Crippen LogP contribution in [0.5, 0.6) is 0 Å². The van der Waals surface area contributed by atoms with Gasteiger partial charge in [0.25, 0.3) is 0 Å². The number of rotatable bonds is 31. The first-order chi connectivity index (χ1) is 20.3. The van der Waals surface area contributed by atoms with E-state index in [1.165, 1.54) is 96.3 Å². The van der Waals surface area contributed by atoms with E-state index in [9.17, 15) is 14.2 Å². The number of hydrogen-bond acceptors (Lipinski definition) is 6. The lowest BCUT2D eigenvalue weighted by Crippen LogP contribution is -2.29. The lowest BCUT2D eigenvalue weighted by atomic mass is 10.1. The van der Waals surface area contributed by atoms with E-state index < -0.39 is 32.5 Å². The molecule has 0 aliphatic heterocycles. The third-order valence-electron chi connectivity index (χ3n) is 7.30. The van der Waals surface area contributed by atoms with Crippen LogP contribution in [0.25, 0.3) is 0 Å². The predicted octanol–water partition coefficient (Wildman–Crippen LogP) is 9.51. The first-order valence-electron chi connectivity index (χ1n) is 17.0. The minimum absolute atomic E-state index is 0.188. The molecule has 0 heterocycles. The van der Waals surface area contributed by atoms with E-state index in [-0.39, 0.29) is 19.4 Å². The maximum Gasteiger partial charge on any atom is 0.469 e. The highest BCUT2D eigenvalue weighted by atomic mass is 31.2. The zero-order valence-electron chi connectivity index (χ0n) is 26.9. The molecule has 0 aliphatic rings. The first-order valence-corrected chi connectivity index (χ1v) is 18.5. The SMILES string of the molecule is CCCCCCCCCCCCC/C=C/CCC(=O)OC[C@H](COP(=O)(O)O)OC(=O)CCCCCCCCCCC. The van der Waals surface area contributed by atoms with Gasteiger partial charge in [-0.3, -0.25) is 14.1 Å². The Kier molecular flexibility index (Phi) is 29.0. The highest BCUT2D eigenvalue weighted by Gasteiger charge is 2.22. The fourth-order valence-electron chi connectivity index (χ4n) is 4.74. The molecule has 42 heavy (non-hydrogen) atoms. The molecule has 0 spiro atoms. The molecule has 0 fully saturated rings. The van der Waals surface area contributed by atoms with E-state index in [4.69, 9.17) is 19.3 Å². The molecular formula is C33H63O8P.